The van der Waals surface area contributed by atoms with Crippen LogP contribution in [0, 0.1) is 0 Å². The fraction of sp³-hybridized carbons (Fsp3) is 0.571. The van der Waals surface area contributed by atoms with Crippen LogP contribution in [0.15, 0.2) is 30.3 Å². The van der Waals surface area contributed by atoms with Gasteiger partial charge in [-0.15, -0.1) is 12.4 Å². The normalized spacial score (nSPS) is 12.2. The monoisotopic (exact) mass is 241 g/mol. The van der Waals surface area contributed by atoms with E-state index in [4.69, 9.17) is 0 Å². The van der Waals surface area contributed by atoms with Crippen molar-refractivity contribution in [1.29, 1.82) is 0 Å². The fourth-order valence-electron chi connectivity index (χ4n) is 1.96. The summed E-state index contributed by atoms with van der Waals surface area (Å²) in [5.41, 5.74) is 1.43. The number of halogens is 1. The van der Waals surface area contributed by atoms with Crippen molar-refractivity contribution in [3.05, 3.63) is 35.9 Å². The Bertz CT molecular complexity index is 259. The second-order valence-electron chi connectivity index (χ2n) is 4.50. The third-order valence-corrected chi connectivity index (χ3v) is 2.53. The van der Waals surface area contributed by atoms with Gasteiger partial charge in [0.05, 0.1) is 0 Å². The third-order valence-electron chi connectivity index (χ3n) is 2.53. The van der Waals surface area contributed by atoms with Gasteiger partial charge in [-0.3, -0.25) is 0 Å². The van der Waals surface area contributed by atoms with Gasteiger partial charge in [0.1, 0.15) is 0 Å². The van der Waals surface area contributed by atoms with Crippen molar-refractivity contribution in [3.63, 3.8) is 0 Å². The standard InChI is InChI=1S/C14H23N.ClH/c1-4-8-14(15-12(2)3)11-13-9-6-5-7-10-13;/h5-7,9-10,12,14-15H,4,8,11H2,1-3H3;1H. The summed E-state index contributed by atoms with van der Waals surface area (Å²) in [7, 11) is 0. The van der Waals surface area contributed by atoms with Crippen molar-refractivity contribution in [2.45, 2.75) is 52.1 Å². The van der Waals surface area contributed by atoms with Gasteiger partial charge in [0.15, 0.2) is 0 Å². The highest BCUT2D eigenvalue weighted by Gasteiger charge is 2.09. The average molecular weight is 242 g/mol. The minimum atomic E-state index is 0. The Labute approximate surface area is 106 Å². The molecule has 1 rings (SSSR count). The summed E-state index contributed by atoms with van der Waals surface area (Å²) < 4.78 is 0. The van der Waals surface area contributed by atoms with Gasteiger partial charge in [0.25, 0.3) is 0 Å². The van der Waals surface area contributed by atoms with E-state index in [2.05, 4.69) is 56.4 Å². The molecule has 0 fully saturated rings. The molecule has 0 aliphatic carbocycles. The van der Waals surface area contributed by atoms with Crippen LogP contribution in [0.25, 0.3) is 0 Å². The number of benzene rings is 1. The van der Waals surface area contributed by atoms with Gasteiger partial charge < -0.3 is 5.32 Å². The molecule has 2 heteroatoms. The summed E-state index contributed by atoms with van der Waals surface area (Å²) in [5, 5.41) is 3.63. The van der Waals surface area contributed by atoms with Crippen LogP contribution in [-0.4, -0.2) is 12.1 Å². The minimum absolute atomic E-state index is 0. The van der Waals surface area contributed by atoms with Crippen LogP contribution in [-0.2, 0) is 6.42 Å². The predicted molar refractivity (Wildman–Crippen MR) is 74.4 cm³/mol. The maximum absolute atomic E-state index is 3.63. The zero-order valence-electron chi connectivity index (χ0n) is 10.6. The summed E-state index contributed by atoms with van der Waals surface area (Å²) in [6.45, 7) is 6.68. The lowest BCUT2D eigenvalue weighted by molar-refractivity contribution is 0.432. The van der Waals surface area contributed by atoms with E-state index in [0.717, 1.165) is 6.42 Å². The van der Waals surface area contributed by atoms with Gasteiger partial charge >= 0.3 is 0 Å². The molecule has 1 nitrogen and oxygen atoms in total. The first-order chi connectivity index (χ1) is 7.22. The lowest BCUT2D eigenvalue weighted by Gasteiger charge is -2.20. The van der Waals surface area contributed by atoms with E-state index in [9.17, 15) is 0 Å². The Hall–Kier alpha value is -0.530. The van der Waals surface area contributed by atoms with E-state index in [-0.39, 0.29) is 12.4 Å². The van der Waals surface area contributed by atoms with E-state index in [1.807, 2.05) is 0 Å². The van der Waals surface area contributed by atoms with Crippen LogP contribution in [0.5, 0.6) is 0 Å². The van der Waals surface area contributed by atoms with Crippen molar-refractivity contribution in [2.24, 2.45) is 0 Å². The van der Waals surface area contributed by atoms with Crippen molar-refractivity contribution in [2.75, 3.05) is 0 Å². The molecule has 92 valence electrons. The zero-order valence-corrected chi connectivity index (χ0v) is 11.4. The summed E-state index contributed by atoms with van der Waals surface area (Å²) >= 11 is 0. The molecule has 0 saturated heterocycles. The third kappa shape index (κ3) is 6.14. The Balaban J connectivity index is 0.00000225. The van der Waals surface area contributed by atoms with Crippen molar-refractivity contribution in [1.82, 2.24) is 5.32 Å². The first-order valence-electron chi connectivity index (χ1n) is 6.02. The smallest absolute Gasteiger partial charge is 0.0110 e. The van der Waals surface area contributed by atoms with Crippen LogP contribution in [0.3, 0.4) is 0 Å². The van der Waals surface area contributed by atoms with Crippen LogP contribution < -0.4 is 5.32 Å². The van der Waals surface area contributed by atoms with Gasteiger partial charge in [-0.25, -0.2) is 0 Å². The molecular formula is C14H24ClN. The van der Waals surface area contributed by atoms with E-state index in [1.165, 1.54) is 18.4 Å². The quantitative estimate of drug-likeness (QED) is 0.799. The van der Waals surface area contributed by atoms with Crippen molar-refractivity contribution >= 4 is 12.4 Å². The molecule has 1 atom stereocenters. The molecule has 0 aliphatic heterocycles. The van der Waals surface area contributed by atoms with E-state index in [0.29, 0.717) is 12.1 Å². The van der Waals surface area contributed by atoms with Crippen LogP contribution in [0.2, 0.25) is 0 Å². The van der Waals surface area contributed by atoms with Crippen LogP contribution in [0.1, 0.15) is 39.2 Å². The second kappa shape index (κ2) is 8.60. The minimum Gasteiger partial charge on any atom is -0.311 e. The summed E-state index contributed by atoms with van der Waals surface area (Å²) in [4.78, 5) is 0. The molecule has 0 saturated carbocycles. The first-order valence-corrected chi connectivity index (χ1v) is 6.02. The van der Waals surface area contributed by atoms with Crippen LogP contribution in [0.4, 0.5) is 0 Å². The van der Waals surface area contributed by atoms with Gasteiger partial charge in [-0.1, -0.05) is 57.5 Å². The molecule has 0 aromatic heterocycles. The van der Waals surface area contributed by atoms with Gasteiger partial charge in [0, 0.05) is 12.1 Å². The largest absolute Gasteiger partial charge is 0.311 e. The van der Waals surface area contributed by atoms with Crippen LogP contribution >= 0.6 is 12.4 Å². The lowest BCUT2D eigenvalue weighted by atomic mass is 10.0. The molecular weight excluding hydrogens is 218 g/mol. The Morgan fingerprint density at radius 2 is 1.75 bits per heavy atom. The molecule has 1 aromatic carbocycles. The molecule has 0 amide bonds. The van der Waals surface area contributed by atoms with Gasteiger partial charge in [-0.05, 0) is 18.4 Å². The lowest BCUT2D eigenvalue weighted by Crippen LogP contribution is -2.36. The van der Waals surface area contributed by atoms with E-state index >= 15 is 0 Å². The van der Waals surface area contributed by atoms with Crippen molar-refractivity contribution < 1.29 is 0 Å². The molecule has 0 heterocycles. The predicted octanol–water partition coefficient (Wildman–Crippen LogP) is 3.82. The molecule has 1 unspecified atom stereocenters. The first kappa shape index (κ1) is 15.5. The molecule has 1 N–H and O–H groups in total. The fourth-order valence-corrected chi connectivity index (χ4v) is 1.96. The average Bonchev–Trinajstić information content (AvgIpc) is 2.18. The van der Waals surface area contributed by atoms with E-state index < -0.39 is 0 Å². The number of rotatable bonds is 6. The number of hydrogen-bond donors (Lipinski definition) is 1. The topological polar surface area (TPSA) is 12.0 Å². The Morgan fingerprint density at radius 1 is 1.12 bits per heavy atom. The Kier molecular flexibility index (Phi) is 8.32. The van der Waals surface area contributed by atoms with Gasteiger partial charge in [-0.2, -0.15) is 0 Å². The number of nitrogens with one attached hydrogen (secondary N) is 1. The zero-order chi connectivity index (χ0) is 11.1. The SMILES string of the molecule is CCCC(Cc1ccccc1)NC(C)C.Cl. The molecule has 1 aromatic rings. The molecule has 0 spiro atoms. The molecule has 0 aliphatic rings. The summed E-state index contributed by atoms with van der Waals surface area (Å²) in [5.74, 6) is 0. The highest BCUT2D eigenvalue weighted by atomic mass is 35.5. The Morgan fingerprint density at radius 3 is 2.25 bits per heavy atom. The highest BCUT2D eigenvalue weighted by Crippen LogP contribution is 2.08. The van der Waals surface area contributed by atoms with E-state index in [1.54, 1.807) is 0 Å². The number of hydrogen-bond acceptors (Lipinski definition) is 1. The molecule has 16 heavy (non-hydrogen) atoms. The second-order valence-corrected chi connectivity index (χ2v) is 4.50. The summed E-state index contributed by atoms with van der Waals surface area (Å²) in [6, 6.07) is 11.9. The highest BCUT2D eigenvalue weighted by molar-refractivity contribution is 5.85. The molecule has 0 bridgehead atoms. The van der Waals surface area contributed by atoms with Crippen molar-refractivity contribution in [3.8, 4) is 0 Å². The molecule has 0 radical (unpaired) electrons. The van der Waals surface area contributed by atoms with Gasteiger partial charge in [0.2, 0.25) is 0 Å². The maximum Gasteiger partial charge on any atom is 0.0110 e. The maximum atomic E-state index is 3.63. The summed E-state index contributed by atoms with van der Waals surface area (Å²) in [6.07, 6.45) is 3.65.